The van der Waals surface area contributed by atoms with Crippen LogP contribution in [0.5, 0.6) is 0 Å². The molecule has 1 atom stereocenters. The van der Waals surface area contributed by atoms with Gasteiger partial charge in [-0.2, -0.15) is 0 Å². The Balaban J connectivity index is 1.85. The average molecular weight is 292 g/mol. The summed E-state index contributed by atoms with van der Waals surface area (Å²) < 4.78 is 0. The van der Waals surface area contributed by atoms with Crippen LogP contribution in [-0.2, 0) is 4.79 Å². The number of carboxylic acids is 1. The fourth-order valence-electron chi connectivity index (χ4n) is 2.63. The monoisotopic (exact) mass is 292 g/mol. The summed E-state index contributed by atoms with van der Waals surface area (Å²) in [5.74, 6) is -0.704. The molecule has 1 fully saturated rings. The van der Waals surface area contributed by atoms with Crippen LogP contribution in [0.15, 0.2) is 30.3 Å². The molecule has 1 saturated carbocycles. The highest BCUT2D eigenvalue weighted by Crippen LogP contribution is 2.34. The van der Waals surface area contributed by atoms with E-state index in [1.54, 1.807) is 11.8 Å². The van der Waals surface area contributed by atoms with Crippen molar-refractivity contribution in [1.82, 2.24) is 0 Å². The Hall–Kier alpha value is -1.29. The molecule has 0 aliphatic heterocycles. The SMILES string of the molecule is CC(SC1CCC(C(=O)O)CC1)C(=O)c1ccccc1. The van der Waals surface area contributed by atoms with E-state index in [1.807, 2.05) is 37.3 Å². The van der Waals surface area contributed by atoms with Crippen LogP contribution in [0.25, 0.3) is 0 Å². The van der Waals surface area contributed by atoms with Crippen molar-refractivity contribution in [2.45, 2.75) is 43.1 Å². The standard InChI is InChI=1S/C16H20O3S/c1-11(15(17)12-5-3-2-4-6-12)20-14-9-7-13(8-10-14)16(18)19/h2-6,11,13-14H,7-10H2,1H3,(H,18,19). The molecule has 0 bridgehead atoms. The van der Waals surface area contributed by atoms with E-state index in [9.17, 15) is 9.59 Å². The summed E-state index contributed by atoms with van der Waals surface area (Å²) in [4.78, 5) is 23.2. The van der Waals surface area contributed by atoms with Gasteiger partial charge in [-0.05, 0) is 32.6 Å². The second kappa shape index (κ2) is 6.93. The molecule has 0 heterocycles. The molecule has 0 radical (unpaired) electrons. The van der Waals surface area contributed by atoms with E-state index < -0.39 is 5.97 Å². The molecule has 2 rings (SSSR count). The first-order chi connectivity index (χ1) is 9.58. The van der Waals surface area contributed by atoms with Gasteiger partial charge in [0.25, 0.3) is 0 Å². The second-order valence-electron chi connectivity index (χ2n) is 5.32. The summed E-state index contributed by atoms with van der Waals surface area (Å²) in [6, 6.07) is 9.36. The molecule has 0 aromatic heterocycles. The Bertz CT molecular complexity index is 464. The number of carboxylic acid groups (broad SMARTS) is 1. The largest absolute Gasteiger partial charge is 0.481 e. The third-order valence-electron chi connectivity index (χ3n) is 3.85. The minimum Gasteiger partial charge on any atom is -0.481 e. The van der Waals surface area contributed by atoms with Gasteiger partial charge >= 0.3 is 5.97 Å². The number of ketones is 1. The van der Waals surface area contributed by atoms with Gasteiger partial charge in [-0.15, -0.1) is 11.8 Å². The molecule has 108 valence electrons. The lowest BCUT2D eigenvalue weighted by Crippen LogP contribution is -2.25. The van der Waals surface area contributed by atoms with E-state index in [0.717, 1.165) is 31.2 Å². The molecule has 1 aliphatic rings. The van der Waals surface area contributed by atoms with Crippen LogP contribution in [0.1, 0.15) is 43.0 Å². The molecular weight excluding hydrogens is 272 g/mol. The van der Waals surface area contributed by atoms with Crippen LogP contribution in [0.2, 0.25) is 0 Å². The Kier molecular flexibility index (Phi) is 5.24. The highest BCUT2D eigenvalue weighted by Gasteiger charge is 2.28. The van der Waals surface area contributed by atoms with Crippen LogP contribution >= 0.6 is 11.8 Å². The molecule has 1 unspecified atom stereocenters. The fraction of sp³-hybridized carbons (Fsp3) is 0.500. The van der Waals surface area contributed by atoms with Gasteiger partial charge < -0.3 is 5.11 Å². The smallest absolute Gasteiger partial charge is 0.306 e. The predicted octanol–water partition coefficient (Wildman–Crippen LogP) is 3.63. The van der Waals surface area contributed by atoms with Crippen LogP contribution in [-0.4, -0.2) is 27.4 Å². The second-order valence-corrected chi connectivity index (χ2v) is 6.97. The van der Waals surface area contributed by atoms with E-state index in [4.69, 9.17) is 5.11 Å². The number of hydrogen-bond acceptors (Lipinski definition) is 3. The van der Waals surface area contributed by atoms with Crippen molar-refractivity contribution in [2.24, 2.45) is 5.92 Å². The van der Waals surface area contributed by atoms with Crippen molar-refractivity contribution in [2.75, 3.05) is 0 Å². The van der Waals surface area contributed by atoms with Gasteiger partial charge in [-0.25, -0.2) is 0 Å². The first-order valence-electron chi connectivity index (χ1n) is 7.05. The molecule has 3 nitrogen and oxygen atoms in total. The molecule has 1 aliphatic carbocycles. The van der Waals surface area contributed by atoms with E-state index >= 15 is 0 Å². The molecular formula is C16H20O3S. The Morgan fingerprint density at radius 3 is 2.30 bits per heavy atom. The summed E-state index contributed by atoms with van der Waals surface area (Å²) in [7, 11) is 0. The minimum absolute atomic E-state index is 0.0659. The van der Waals surface area contributed by atoms with Crippen molar-refractivity contribution in [1.29, 1.82) is 0 Å². The van der Waals surface area contributed by atoms with Crippen LogP contribution in [0.3, 0.4) is 0 Å². The zero-order valence-electron chi connectivity index (χ0n) is 11.6. The number of aliphatic carboxylic acids is 1. The molecule has 0 spiro atoms. The molecule has 0 saturated heterocycles. The average Bonchev–Trinajstić information content (AvgIpc) is 2.48. The first kappa shape index (κ1) is 15.1. The zero-order valence-corrected chi connectivity index (χ0v) is 12.4. The van der Waals surface area contributed by atoms with Crippen molar-refractivity contribution in [3.63, 3.8) is 0 Å². The van der Waals surface area contributed by atoms with Crippen molar-refractivity contribution in [3.05, 3.63) is 35.9 Å². The van der Waals surface area contributed by atoms with Gasteiger partial charge in [0, 0.05) is 10.8 Å². The van der Waals surface area contributed by atoms with E-state index in [2.05, 4.69) is 0 Å². The van der Waals surface area contributed by atoms with Gasteiger partial charge in [0.05, 0.1) is 11.2 Å². The number of Topliss-reactive ketones (excluding diaryl/α,β-unsaturated/α-hetero) is 1. The normalized spacial score (nSPS) is 24.1. The maximum Gasteiger partial charge on any atom is 0.306 e. The summed E-state index contributed by atoms with van der Waals surface area (Å²) in [5.41, 5.74) is 0.756. The topological polar surface area (TPSA) is 54.4 Å². The van der Waals surface area contributed by atoms with Gasteiger partial charge in [0.2, 0.25) is 0 Å². The number of rotatable bonds is 5. The summed E-state index contributed by atoms with van der Waals surface area (Å²) in [6.07, 6.45) is 3.26. The molecule has 0 amide bonds. The lowest BCUT2D eigenvalue weighted by Gasteiger charge is -2.27. The first-order valence-corrected chi connectivity index (χ1v) is 7.99. The third-order valence-corrected chi connectivity index (χ3v) is 5.33. The maximum absolute atomic E-state index is 12.3. The molecule has 20 heavy (non-hydrogen) atoms. The van der Waals surface area contributed by atoms with Gasteiger partial charge in [0.15, 0.2) is 5.78 Å². The van der Waals surface area contributed by atoms with Crippen LogP contribution in [0, 0.1) is 5.92 Å². The number of thioether (sulfide) groups is 1. The zero-order chi connectivity index (χ0) is 14.5. The Morgan fingerprint density at radius 2 is 1.75 bits per heavy atom. The summed E-state index contributed by atoms with van der Waals surface area (Å²) in [6.45, 7) is 1.95. The van der Waals surface area contributed by atoms with Gasteiger partial charge in [0.1, 0.15) is 0 Å². The third kappa shape index (κ3) is 3.85. The Labute approximate surface area is 123 Å². The lowest BCUT2D eigenvalue weighted by molar-refractivity contribution is -0.142. The summed E-state index contributed by atoms with van der Waals surface area (Å²) >= 11 is 1.69. The van der Waals surface area contributed by atoms with Crippen molar-refractivity contribution in [3.8, 4) is 0 Å². The number of hydrogen-bond donors (Lipinski definition) is 1. The molecule has 1 aromatic rings. The van der Waals surface area contributed by atoms with Gasteiger partial charge in [-0.3, -0.25) is 9.59 Å². The van der Waals surface area contributed by atoms with E-state index in [-0.39, 0.29) is 17.0 Å². The van der Waals surface area contributed by atoms with Crippen molar-refractivity contribution >= 4 is 23.5 Å². The van der Waals surface area contributed by atoms with Gasteiger partial charge in [-0.1, -0.05) is 30.3 Å². The fourth-order valence-corrected chi connectivity index (χ4v) is 4.01. The van der Waals surface area contributed by atoms with E-state index in [1.165, 1.54) is 0 Å². The van der Waals surface area contributed by atoms with Crippen LogP contribution < -0.4 is 0 Å². The predicted molar refractivity (Wildman–Crippen MR) is 81.2 cm³/mol. The van der Waals surface area contributed by atoms with E-state index in [0.29, 0.717) is 5.25 Å². The Morgan fingerprint density at radius 1 is 1.15 bits per heavy atom. The maximum atomic E-state index is 12.3. The number of benzene rings is 1. The van der Waals surface area contributed by atoms with Crippen molar-refractivity contribution < 1.29 is 14.7 Å². The van der Waals surface area contributed by atoms with Crippen LogP contribution in [0.4, 0.5) is 0 Å². The number of carbonyl (C=O) groups excluding carboxylic acids is 1. The molecule has 1 aromatic carbocycles. The highest BCUT2D eigenvalue weighted by atomic mass is 32.2. The summed E-state index contributed by atoms with van der Waals surface area (Å²) in [5, 5.41) is 9.33. The molecule has 4 heteroatoms. The highest BCUT2D eigenvalue weighted by molar-refractivity contribution is 8.01. The quantitative estimate of drug-likeness (QED) is 0.842. The number of carbonyl (C=O) groups is 2. The lowest BCUT2D eigenvalue weighted by atomic mass is 9.89. The molecule has 1 N–H and O–H groups in total. The minimum atomic E-state index is -0.679.